The highest BCUT2D eigenvalue weighted by Gasteiger charge is 2.44. The number of hydrogen-bond donors (Lipinski definition) is 4. The van der Waals surface area contributed by atoms with E-state index < -0.39 is 24.5 Å². The van der Waals surface area contributed by atoms with E-state index in [1.165, 1.54) is 12.7 Å². The second-order valence-corrected chi connectivity index (χ2v) is 8.17. The Morgan fingerprint density at radius 3 is 2.88 bits per heavy atom. The minimum atomic E-state index is -1.17. The van der Waals surface area contributed by atoms with Gasteiger partial charge in [-0.1, -0.05) is 12.1 Å². The van der Waals surface area contributed by atoms with Gasteiger partial charge in [-0.3, -0.25) is 4.57 Å². The number of oxazole rings is 1. The fourth-order valence-electron chi connectivity index (χ4n) is 4.25. The third kappa shape index (κ3) is 3.66. The Hall–Kier alpha value is -3.32. The van der Waals surface area contributed by atoms with E-state index in [9.17, 15) is 10.2 Å². The summed E-state index contributed by atoms with van der Waals surface area (Å²) in [6, 6.07) is 7.88. The van der Waals surface area contributed by atoms with Crippen LogP contribution in [0.2, 0.25) is 0 Å². The number of nitrogens with zero attached hydrogens (tertiary/aromatic N) is 5. The second kappa shape index (κ2) is 8.23. The van der Waals surface area contributed by atoms with Crippen LogP contribution in [-0.2, 0) is 9.47 Å². The van der Waals surface area contributed by atoms with Crippen LogP contribution in [0.1, 0.15) is 12.6 Å². The summed E-state index contributed by atoms with van der Waals surface area (Å²) in [5.41, 5.74) is 2.44. The van der Waals surface area contributed by atoms with E-state index in [1.807, 2.05) is 24.3 Å². The van der Waals surface area contributed by atoms with E-state index >= 15 is 0 Å². The van der Waals surface area contributed by atoms with E-state index in [-0.39, 0.29) is 12.6 Å². The van der Waals surface area contributed by atoms with Gasteiger partial charge in [0.05, 0.1) is 19.0 Å². The molecule has 0 saturated carbocycles. The molecule has 4 N–H and O–H groups in total. The van der Waals surface area contributed by atoms with Crippen LogP contribution in [-0.4, -0.2) is 78.8 Å². The molecule has 1 aromatic carbocycles. The predicted octanol–water partition coefficient (Wildman–Crippen LogP) is 0.900. The lowest BCUT2D eigenvalue weighted by atomic mass is 10.1. The van der Waals surface area contributed by atoms with Crippen molar-refractivity contribution in [2.24, 2.45) is 0 Å². The molecule has 1 unspecified atom stereocenters. The third-order valence-corrected chi connectivity index (χ3v) is 5.99. The monoisotopic (exact) mass is 453 g/mol. The molecule has 0 aliphatic carbocycles. The van der Waals surface area contributed by atoms with E-state index in [1.54, 1.807) is 4.57 Å². The second-order valence-electron chi connectivity index (χ2n) is 8.17. The average molecular weight is 453 g/mol. The Labute approximate surface area is 187 Å². The van der Waals surface area contributed by atoms with E-state index in [0.717, 1.165) is 11.9 Å². The minimum absolute atomic E-state index is 0.158. The van der Waals surface area contributed by atoms with Crippen molar-refractivity contribution in [2.75, 3.05) is 30.4 Å². The molecular formula is C21H23N7O5. The molecule has 2 saturated heterocycles. The number of imidazole rings is 1. The van der Waals surface area contributed by atoms with Gasteiger partial charge in [-0.2, -0.15) is 4.98 Å². The Balaban J connectivity index is 1.19. The summed E-state index contributed by atoms with van der Waals surface area (Å²) >= 11 is 0. The zero-order valence-electron chi connectivity index (χ0n) is 17.5. The van der Waals surface area contributed by atoms with Crippen LogP contribution >= 0.6 is 0 Å². The molecule has 0 spiro atoms. The fourth-order valence-corrected chi connectivity index (χ4v) is 4.25. The highest BCUT2D eigenvalue weighted by atomic mass is 16.6. The zero-order valence-corrected chi connectivity index (χ0v) is 17.5. The van der Waals surface area contributed by atoms with Crippen molar-refractivity contribution in [3.8, 4) is 0 Å². The molecule has 0 bridgehead atoms. The smallest absolute Gasteiger partial charge is 0.295 e. The number of para-hydroxylation sites is 2. The van der Waals surface area contributed by atoms with Crippen molar-refractivity contribution in [3.05, 3.63) is 36.9 Å². The number of nitrogens with one attached hydrogen (secondary N) is 2. The molecular weight excluding hydrogens is 430 g/mol. The summed E-state index contributed by atoms with van der Waals surface area (Å²) in [7, 11) is 0. The van der Waals surface area contributed by atoms with Crippen molar-refractivity contribution in [3.63, 3.8) is 0 Å². The number of anilines is 2. The van der Waals surface area contributed by atoms with Gasteiger partial charge in [0.15, 0.2) is 28.8 Å². The van der Waals surface area contributed by atoms with Gasteiger partial charge in [-0.05, 0) is 18.6 Å². The molecule has 5 atom stereocenters. The van der Waals surface area contributed by atoms with Gasteiger partial charge in [0.25, 0.3) is 6.01 Å². The molecule has 4 aromatic rings. The summed E-state index contributed by atoms with van der Waals surface area (Å²) < 4.78 is 18.7. The van der Waals surface area contributed by atoms with Crippen molar-refractivity contribution < 1.29 is 24.1 Å². The molecule has 12 heteroatoms. The van der Waals surface area contributed by atoms with Crippen LogP contribution < -0.4 is 10.6 Å². The third-order valence-electron chi connectivity index (χ3n) is 5.99. The van der Waals surface area contributed by atoms with E-state index in [4.69, 9.17) is 13.9 Å². The van der Waals surface area contributed by atoms with Gasteiger partial charge in [-0.25, -0.2) is 15.0 Å². The van der Waals surface area contributed by atoms with Crippen LogP contribution in [0.15, 0.2) is 41.3 Å². The predicted molar refractivity (Wildman–Crippen MR) is 117 cm³/mol. The Kier molecular flexibility index (Phi) is 5.06. The summed E-state index contributed by atoms with van der Waals surface area (Å²) in [6.07, 6.45) is -0.00918. The summed E-state index contributed by atoms with van der Waals surface area (Å²) in [4.78, 5) is 17.4. The summed E-state index contributed by atoms with van der Waals surface area (Å²) in [5.74, 6) is 0.594. The Morgan fingerprint density at radius 2 is 2.03 bits per heavy atom. The van der Waals surface area contributed by atoms with Gasteiger partial charge in [0.1, 0.15) is 30.2 Å². The highest BCUT2D eigenvalue weighted by Crippen LogP contribution is 2.33. The minimum Gasteiger partial charge on any atom is -0.424 e. The van der Waals surface area contributed by atoms with Crippen molar-refractivity contribution in [1.29, 1.82) is 0 Å². The number of aliphatic hydroxyl groups excluding tert-OH is 2. The van der Waals surface area contributed by atoms with Gasteiger partial charge < -0.3 is 34.7 Å². The number of fused-ring (bicyclic) bond motifs is 2. The van der Waals surface area contributed by atoms with Gasteiger partial charge in [0.2, 0.25) is 0 Å². The van der Waals surface area contributed by atoms with Gasteiger partial charge in [-0.15, -0.1) is 0 Å². The molecule has 5 heterocycles. The molecule has 33 heavy (non-hydrogen) atoms. The van der Waals surface area contributed by atoms with Crippen LogP contribution in [0.25, 0.3) is 22.3 Å². The first kappa shape index (κ1) is 20.3. The zero-order chi connectivity index (χ0) is 22.4. The summed E-state index contributed by atoms with van der Waals surface area (Å²) in [6.45, 7) is 1.51. The van der Waals surface area contributed by atoms with Crippen LogP contribution in [0.4, 0.5) is 11.8 Å². The van der Waals surface area contributed by atoms with Gasteiger partial charge >= 0.3 is 0 Å². The number of benzene rings is 1. The van der Waals surface area contributed by atoms with Crippen molar-refractivity contribution in [2.45, 2.75) is 37.0 Å². The number of aromatic nitrogens is 5. The molecule has 2 fully saturated rings. The Bertz CT molecular complexity index is 1240. The normalized spacial score (nSPS) is 27.5. The van der Waals surface area contributed by atoms with Crippen LogP contribution in [0.3, 0.4) is 0 Å². The summed E-state index contributed by atoms with van der Waals surface area (Å²) in [5, 5.41) is 27.7. The molecule has 12 nitrogen and oxygen atoms in total. The van der Waals surface area contributed by atoms with E-state index in [2.05, 4.69) is 30.6 Å². The highest BCUT2D eigenvalue weighted by molar-refractivity contribution is 5.82. The average Bonchev–Trinajstić information content (AvgIpc) is 3.61. The number of rotatable bonds is 6. The molecule has 0 radical (unpaired) electrons. The SMILES string of the molecule is O[C@@H]1[C@H](O)[C@@H](CNc2nc3ccccc3o2)O[C@H]1n1cnc2c(NC3CCOC3)ncnc21. The standard InChI is InChI=1S/C21H23N7O5/c29-16-14(7-22-21-27-12-3-1-2-4-13(12)33-21)32-20(17(16)30)28-10-25-15-18(23-9-24-19(15)28)26-11-5-6-31-8-11/h1-4,9-11,14,16-17,20,29-30H,5-8H2,(H,22,27)(H,23,24,26)/t11?,14-,16-,17-,20-/m1/s1. The molecule has 2 aliphatic heterocycles. The molecule has 2 aliphatic rings. The lowest BCUT2D eigenvalue weighted by molar-refractivity contribution is -0.0313. The fraction of sp³-hybridized carbons (Fsp3) is 0.429. The number of aliphatic hydroxyl groups is 2. The van der Waals surface area contributed by atoms with Crippen molar-refractivity contribution in [1.82, 2.24) is 24.5 Å². The quantitative estimate of drug-likeness (QED) is 0.329. The largest absolute Gasteiger partial charge is 0.424 e. The van der Waals surface area contributed by atoms with Gasteiger partial charge in [0, 0.05) is 13.2 Å². The first-order valence-electron chi connectivity index (χ1n) is 10.8. The molecule has 3 aromatic heterocycles. The lowest BCUT2D eigenvalue weighted by Crippen LogP contribution is -2.35. The number of ether oxygens (including phenoxy) is 2. The maximum atomic E-state index is 10.7. The maximum Gasteiger partial charge on any atom is 0.295 e. The topological polar surface area (TPSA) is 153 Å². The van der Waals surface area contributed by atoms with Crippen LogP contribution in [0.5, 0.6) is 0 Å². The number of hydrogen-bond acceptors (Lipinski definition) is 11. The van der Waals surface area contributed by atoms with E-state index in [0.29, 0.717) is 41.8 Å². The molecule has 0 amide bonds. The van der Waals surface area contributed by atoms with Crippen LogP contribution in [0, 0.1) is 0 Å². The maximum absolute atomic E-state index is 10.7. The lowest BCUT2D eigenvalue weighted by Gasteiger charge is -2.17. The Morgan fingerprint density at radius 1 is 1.12 bits per heavy atom. The van der Waals surface area contributed by atoms with Crippen molar-refractivity contribution >= 4 is 34.1 Å². The molecule has 6 rings (SSSR count). The first-order valence-corrected chi connectivity index (χ1v) is 10.8. The first-order chi connectivity index (χ1) is 16.2. The molecule has 172 valence electrons.